The topological polar surface area (TPSA) is 72.3 Å². The first-order valence-corrected chi connectivity index (χ1v) is 14.3. The van der Waals surface area contributed by atoms with Gasteiger partial charge in [0, 0.05) is 50.0 Å². The number of hydrogen-bond acceptors (Lipinski definition) is 4. The van der Waals surface area contributed by atoms with Crippen LogP contribution < -0.4 is 0 Å². The number of sulfone groups is 1. The number of hydrogen-bond donors (Lipinski definition) is 0. The second-order valence-electron chi connectivity index (χ2n) is 10.8. The van der Waals surface area contributed by atoms with Gasteiger partial charge in [0.15, 0.2) is 9.84 Å². The van der Waals surface area contributed by atoms with E-state index in [-0.39, 0.29) is 28.9 Å². The molecule has 1 saturated heterocycles. The zero-order chi connectivity index (χ0) is 26.1. The standard InChI is InChI=1S/C29H37N3O3S/c1-6-36(34,35)23-15-12-21(13-16-23)14-17-27(33)32-19-24(22-10-8-7-9-11-22)25(20-32)26-18-31(5)30-28(26)29(2,3)4/h7-13,15-16,18,24-25H,6,14,17,19-20H2,1-5H3. The van der Waals surface area contributed by atoms with Crippen LogP contribution in [0.2, 0.25) is 0 Å². The molecular weight excluding hydrogens is 470 g/mol. The van der Waals surface area contributed by atoms with E-state index < -0.39 is 9.84 Å². The molecule has 0 N–H and O–H groups in total. The number of aromatic nitrogens is 2. The Labute approximate surface area is 215 Å². The minimum atomic E-state index is -3.22. The van der Waals surface area contributed by atoms with Gasteiger partial charge in [-0.1, -0.05) is 70.2 Å². The highest BCUT2D eigenvalue weighted by Gasteiger charge is 2.40. The van der Waals surface area contributed by atoms with Crippen LogP contribution in [0.3, 0.4) is 0 Å². The van der Waals surface area contributed by atoms with Gasteiger partial charge in [0.2, 0.25) is 5.91 Å². The third-order valence-corrected chi connectivity index (χ3v) is 8.91. The molecule has 2 unspecified atom stereocenters. The molecule has 1 amide bonds. The summed E-state index contributed by atoms with van der Waals surface area (Å²) in [5.41, 5.74) is 4.44. The number of carbonyl (C=O) groups excluding carboxylic acids is 1. The fraction of sp³-hybridized carbons (Fsp3) is 0.448. The molecule has 36 heavy (non-hydrogen) atoms. The average Bonchev–Trinajstić information content (AvgIpc) is 3.47. The van der Waals surface area contributed by atoms with Crippen LogP contribution >= 0.6 is 0 Å². The van der Waals surface area contributed by atoms with Crippen LogP contribution in [0.4, 0.5) is 0 Å². The van der Waals surface area contributed by atoms with E-state index in [4.69, 9.17) is 5.10 Å². The highest BCUT2D eigenvalue weighted by atomic mass is 32.2. The summed E-state index contributed by atoms with van der Waals surface area (Å²) in [5, 5.41) is 4.80. The summed E-state index contributed by atoms with van der Waals surface area (Å²) in [6.07, 6.45) is 3.11. The predicted octanol–water partition coefficient (Wildman–Crippen LogP) is 4.85. The van der Waals surface area contributed by atoms with Crippen molar-refractivity contribution in [2.75, 3.05) is 18.8 Å². The highest BCUT2D eigenvalue weighted by molar-refractivity contribution is 7.91. The van der Waals surface area contributed by atoms with Crippen LogP contribution in [-0.4, -0.2) is 47.8 Å². The Morgan fingerprint density at radius 2 is 1.64 bits per heavy atom. The van der Waals surface area contributed by atoms with Crippen molar-refractivity contribution in [1.29, 1.82) is 0 Å². The van der Waals surface area contributed by atoms with E-state index in [1.54, 1.807) is 19.1 Å². The Kier molecular flexibility index (Phi) is 7.41. The van der Waals surface area contributed by atoms with Crippen LogP contribution in [-0.2, 0) is 33.5 Å². The monoisotopic (exact) mass is 507 g/mol. The molecule has 0 saturated carbocycles. The second kappa shape index (κ2) is 10.2. The van der Waals surface area contributed by atoms with E-state index in [0.29, 0.717) is 30.8 Å². The molecule has 0 spiro atoms. The van der Waals surface area contributed by atoms with Crippen molar-refractivity contribution >= 4 is 15.7 Å². The number of likely N-dealkylation sites (tertiary alicyclic amines) is 1. The second-order valence-corrected chi connectivity index (χ2v) is 13.1. The fourth-order valence-corrected chi connectivity index (χ4v) is 6.05. The molecule has 4 rings (SSSR count). The van der Waals surface area contributed by atoms with Crippen LogP contribution in [0.5, 0.6) is 0 Å². The normalized spacial score (nSPS) is 18.5. The number of carbonyl (C=O) groups is 1. The van der Waals surface area contributed by atoms with Gasteiger partial charge in [0.05, 0.1) is 16.3 Å². The smallest absolute Gasteiger partial charge is 0.222 e. The lowest BCUT2D eigenvalue weighted by molar-refractivity contribution is -0.130. The lowest BCUT2D eigenvalue weighted by Gasteiger charge is -2.23. The molecule has 1 aromatic heterocycles. The largest absolute Gasteiger partial charge is 0.341 e. The first kappa shape index (κ1) is 26.1. The Morgan fingerprint density at radius 1 is 1.00 bits per heavy atom. The van der Waals surface area contributed by atoms with Gasteiger partial charge in [0.25, 0.3) is 0 Å². The Balaban J connectivity index is 1.53. The van der Waals surface area contributed by atoms with E-state index in [1.165, 1.54) is 11.1 Å². The lowest BCUT2D eigenvalue weighted by atomic mass is 9.79. The number of benzene rings is 2. The zero-order valence-corrected chi connectivity index (χ0v) is 22.8. The summed E-state index contributed by atoms with van der Waals surface area (Å²) in [6, 6.07) is 17.4. The average molecular weight is 508 g/mol. The summed E-state index contributed by atoms with van der Waals surface area (Å²) in [6.45, 7) is 9.55. The van der Waals surface area contributed by atoms with Gasteiger partial charge in [-0.2, -0.15) is 5.10 Å². The van der Waals surface area contributed by atoms with Crippen molar-refractivity contribution in [2.45, 2.75) is 62.7 Å². The van der Waals surface area contributed by atoms with Gasteiger partial charge in [-0.3, -0.25) is 9.48 Å². The van der Waals surface area contributed by atoms with Crippen molar-refractivity contribution < 1.29 is 13.2 Å². The molecule has 6 nitrogen and oxygen atoms in total. The van der Waals surface area contributed by atoms with Crippen molar-refractivity contribution in [1.82, 2.24) is 14.7 Å². The van der Waals surface area contributed by atoms with Crippen LogP contribution in [0.1, 0.15) is 68.3 Å². The summed E-state index contributed by atoms with van der Waals surface area (Å²) in [7, 11) is -1.26. The highest BCUT2D eigenvalue weighted by Crippen LogP contribution is 2.43. The van der Waals surface area contributed by atoms with Gasteiger partial charge < -0.3 is 4.90 Å². The Hall–Kier alpha value is -2.93. The molecule has 2 aromatic carbocycles. The van der Waals surface area contributed by atoms with E-state index in [0.717, 1.165) is 11.3 Å². The van der Waals surface area contributed by atoms with E-state index >= 15 is 0 Å². The number of rotatable bonds is 7. The molecule has 0 aliphatic carbocycles. The molecule has 7 heteroatoms. The maximum Gasteiger partial charge on any atom is 0.222 e. The summed E-state index contributed by atoms with van der Waals surface area (Å²) in [5.74, 6) is 0.596. The first-order chi connectivity index (χ1) is 17.0. The van der Waals surface area contributed by atoms with Crippen LogP contribution in [0.25, 0.3) is 0 Å². The fourth-order valence-electron chi connectivity index (χ4n) is 5.16. The minimum Gasteiger partial charge on any atom is -0.341 e. The van der Waals surface area contributed by atoms with Crippen LogP contribution in [0, 0.1) is 0 Å². The molecule has 192 valence electrons. The zero-order valence-electron chi connectivity index (χ0n) is 21.9. The van der Waals surface area contributed by atoms with Crippen molar-refractivity contribution in [3.8, 4) is 0 Å². The van der Waals surface area contributed by atoms with Crippen molar-refractivity contribution in [2.24, 2.45) is 7.05 Å². The van der Waals surface area contributed by atoms with Gasteiger partial charge in [0.1, 0.15) is 0 Å². The third kappa shape index (κ3) is 5.56. The minimum absolute atomic E-state index is 0.0808. The van der Waals surface area contributed by atoms with Gasteiger partial charge >= 0.3 is 0 Å². The maximum absolute atomic E-state index is 13.3. The molecule has 2 atom stereocenters. The molecule has 0 bridgehead atoms. The molecule has 0 radical (unpaired) electrons. The number of nitrogens with zero attached hydrogens (tertiary/aromatic N) is 3. The molecule has 1 aliphatic heterocycles. The van der Waals surface area contributed by atoms with Gasteiger partial charge in [-0.25, -0.2) is 8.42 Å². The summed E-state index contributed by atoms with van der Waals surface area (Å²) < 4.78 is 26.0. The molecule has 3 aromatic rings. The quantitative estimate of drug-likeness (QED) is 0.458. The van der Waals surface area contributed by atoms with E-state index in [1.807, 2.05) is 34.8 Å². The first-order valence-electron chi connectivity index (χ1n) is 12.7. The predicted molar refractivity (Wildman–Crippen MR) is 143 cm³/mol. The lowest BCUT2D eigenvalue weighted by Crippen LogP contribution is -2.29. The summed E-state index contributed by atoms with van der Waals surface area (Å²) >= 11 is 0. The van der Waals surface area contributed by atoms with E-state index in [2.05, 4.69) is 51.2 Å². The van der Waals surface area contributed by atoms with E-state index in [9.17, 15) is 13.2 Å². The molecule has 2 heterocycles. The maximum atomic E-state index is 13.3. The Morgan fingerprint density at radius 3 is 2.25 bits per heavy atom. The molecule has 1 aliphatic rings. The van der Waals surface area contributed by atoms with Gasteiger partial charge in [-0.05, 0) is 35.2 Å². The third-order valence-electron chi connectivity index (χ3n) is 7.16. The van der Waals surface area contributed by atoms with Crippen molar-refractivity contribution in [3.63, 3.8) is 0 Å². The molecular formula is C29H37N3O3S. The summed E-state index contributed by atoms with van der Waals surface area (Å²) in [4.78, 5) is 15.7. The SMILES string of the molecule is CCS(=O)(=O)c1ccc(CCC(=O)N2CC(c3ccccc3)C(c3cn(C)nc3C(C)(C)C)C2)cc1. The van der Waals surface area contributed by atoms with Crippen molar-refractivity contribution in [3.05, 3.63) is 83.2 Å². The number of amides is 1. The molecule has 1 fully saturated rings. The number of aryl methyl sites for hydroxylation is 2. The van der Waals surface area contributed by atoms with Gasteiger partial charge in [-0.15, -0.1) is 0 Å². The van der Waals surface area contributed by atoms with Crippen LogP contribution in [0.15, 0.2) is 65.7 Å². The Bertz CT molecular complexity index is 1310.